The first-order chi connectivity index (χ1) is 33.9. The van der Waals surface area contributed by atoms with Crippen LogP contribution in [0.3, 0.4) is 0 Å². The molecule has 17 nitrogen and oxygen atoms in total. The van der Waals surface area contributed by atoms with E-state index in [0.29, 0.717) is 31.6 Å². The van der Waals surface area contributed by atoms with Crippen LogP contribution in [0.4, 0.5) is 0 Å². The molecule has 0 fully saturated rings. The molecule has 0 heterocycles. The second-order valence-electron chi connectivity index (χ2n) is 19.6. The molecular weight excluding hydrogens is 959 g/mol. The minimum Gasteiger partial charge on any atom is -0.462 e. The first-order valence-corrected chi connectivity index (χ1v) is 30.5. The Bertz CT molecular complexity index is 1430. The van der Waals surface area contributed by atoms with Crippen molar-refractivity contribution in [3.05, 3.63) is 0 Å². The summed E-state index contributed by atoms with van der Waals surface area (Å²) in [4.78, 5) is 71.2. The van der Waals surface area contributed by atoms with E-state index >= 15 is 0 Å². The zero-order valence-electron chi connectivity index (χ0n) is 45.0. The molecule has 0 aromatic rings. The van der Waals surface area contributed by atoms with Gasteiger partial charge in [0.2, 0.25) is 0 Å². The zero-order chi connectivity index (χ0) is 53.0. The summed E-state index contributed by atoms with van der Waals surface area (Å²) in [7, 11) is -9.85. The Labute approximate surface area is 428 Å². The van der Waals surface area contributed by atoms with E-state index in [0.717, 1.165) is 121 Å². The lowest BCUT2D eigenvalue weighted by atomic mass is 10.00. The summed E-state index contributed by atoms with van der Waals surface area (Å²) < 4.78 is 67.1. The predicted octanol–water partition coefficient (Wildman–Crippen LogP) is 13.0. The van der Waals surface area contributed by atoms with E-state index in [9.17, 15) is 43.2 Å². The molecule has 0 saturated carbocycles. The molecule has 0 spiro atoms. The van der Waals surface area contributed by atoms with E-state index in [2.05, 4.69) is 41.5 Å². The number of unbranched alkanes of at least 4 members (excludes halogenated alkanes) is 20. The van der Waals surface area contributed by atoms with Gasteiger partial charge in [0.1, 0.15) is 19.3 Å². The highest BCUT2D eigenvalue weighted by atomic mass is 31.2. The SMILES string of the molecule is CCCCCCCCCC(=O)O[C@H](COC(=O)CCCCCCC)COP(=O)(O)OC[C@H](O)COP(=O)(O)OC[C@@H](COC(=O)CCCCCCCCC(C)C)OC(=O)CCCCCCCCC(C)CC. The standard InChI is InChI=1S/C52H100O17P2/c1-7-10-12-14-15-24-30-36-51(56)68-47(40-62-49(54)34-28-20-13-11-8-2)42-66-70(58,59)64-38-46(53)39-65-71(60,61)67-43-48(41-63-50(55)35-29-23-18-16-21-26-32-44(4)5)69-52(57)37-31-25-19-17-22-27-33-45(6)9-3/h44-48,53H,7-43H2,1-6H3,(H,58,59)(H,60,61)/t45?,46-,47+,48+/m0/s1. The Morgan fingerprint density at radius 3 is 1.07 bits per heavy atom. The van der Waals surface area contributed by atoms with E-state index < -0.39 is 97.5 Å². The van der Waals surface area contributed by atoms with Gasteiger partial charge in [0.05, 0.1) is 26.4 Å². The summed E-state index contributed by atoms with van der Waals surface area (Å²) in [6.07, 6.45) is 23.2. The van der Waals surface area contributed by atoms with Crippen molar-refractivity contribution in [2.24, 2.45) is 11.8 Å². The largest absolute Gasteiger partial charge is 0.472 e. The van der Waals surface area contributed by atoms with Crippen molar-refractivity contribution in [3.8, 4) is 0 Å². The number of carbonyl (C=O) groups is 4. The summed E-state index contributed by atoms with van der Waals surface area (Å²) in [5.74, 6) is -0.772. The number of aliphatic hydroxyl groups is 1. The molecule has 19 heteroatoms. The molecule has 0 aromatic carbocycles. The molecule has 71 heavy (non-hydrogen) atoms. The van der Waals surface area contributed by atoms with Crippen molar-refractivity contribution in [2.45, 2.75) is 259 Å². The van der Waals surface area contributed by atoms with Gasteiger partial charge in [-0.05, 0) is 37.5 Å². The number of hydrogen-bond acceptors (Lipinski definition) is 15. The van der Waals surface area contributed by atoms with Crippen LogP contribution in [0.5, 0.6) is 0 Å². The Hall–Kier alpha value is -1.94. The third-order valence-electron chi connectivity index (χ3n) is 12.1. The predicted molar refractivity (Wildman–Crippen MR) is 275 cm³/mol. The number of esters is 4. The van der Waals surface area contributed by atoms with Gasteiger partial charge < -0.3 is 33.8 Å². The molecule has 0 bridgehead atoms. The van der Waals surface area contributed by atoms with Gasteiger partial charge in [-0.3, -0.25) is 37.3 Å². The normalized spacial score (nSPS) is 15.1. The highest BCUT2D eigenvalue weighted by Gasteiger charge is 2.30. The average molecular weight is 1060 g/mol. The Balaban J connectivity index is 5.19. The first kappa shape index (κ1) is 69.1. The molecule has 3 N–H and O–H groups in total. The van der Waals surface area contributed by atoms with E-state index in [1.165, 1.54) is 32.1 Å². The van der Waals surface area contributed by atoms with Gasteiger partial charge in [0, 0.05) is 25.7 Å². The highest BCUT2D eigenvalue weighted by molar-refractivity contribution is 7.47. The van der Waals surface area contributed by atoms with Crippen molar-refractivity contribution in [1.29, 1.82) is 0 Å². The maximum Gasteiger partial charge on any atom is 0.472 e. The van der Waals surface area contributed by atoms with Gasteiger partial charge in [0.25, 0.3) is 0 Å². The third kappa shape index (κ3) is 46.3. The van der Waals surface area contributed by atoms with Crippen LogP contribution in [0.1, 0.15) is 241 Å². The number of hydrogen-bond donors (Lipinski definition) is 3. The average Bonchev–Trinajstić information content (AvgIpc) is 3.33. The number of phosphoric ester groups is 2. The molecule has 420 valence electrons. The van der Waals surface area contributed by atoms with E-state index in [-0.39, 0.29) is 25.7 Å². The topological polar surface area (TPSA) is 237 Å². The minimum atomic E-state index is -4.93. The monoisotopic (exact) mass is 1060 g/mol. The first-order valence-electron chi connectivity index (χ1n) is 27.5. The summed E-state index contributed by atoms with van der Waals surface area (Å²) in [5, 5.41) is 10.4. The molecule has 0 rings (SSSR count). The minimum absolute atomic E-state index is 0.101. The van der Waals surface area contributed by atoms with E-state index in [1.54, 1.807) is 0 Å². The maximum absolute atomic E-state index is 12.8. The fraction of sp³-hybridized carbons (Fsp3) is 0.923. The zero-order valence-corrected chi connectivity index (χ0v) is 46.8. The number of ether oxygens (including phenoxy) is 4. The van der Waals surface area contributed by atoms with Gasteiger partial charge >= 0.3 is 39.5 Å². The van der Waals surface area contributed by atoms with Crippen LogP contribution in [-0.2, 0) is 65.4 Å². The molecule has 0 aliphatic carbocycles. The van der Waals surface area contributed by atoms with Crippen LogP contribution in [0.2, 0.25) is 0 Å². The summed E-state index contributed by atoms with van der Waals surface area (Å²) in [6, 6.07) is 0. The highest BCUT2D eigenvalue weighted by Crippen LogP contribution is 2.45. The number of aliphatic hydroxyl groups excluding tert-OH is 1. The van der Waals surface area contributed by atoms with Crippen molar-refractivity contribution in [3.63, 3.8) is 0 Å². The summed E-state index contributed by atoms with van der Waals surface area (Å²) in [6.45, 7) is 9.12. The number of phosphoric acid groups is 2. The van der Waals surface area contributed by atoms with Gasteiger partial charge in [0.15, 0.2) is 12.2 Å². The molecular formula is C52H100O17P2. The fourth-order valence-electron chi connectivity index (χ4n) is 7.38. The Morgan fingerprint density at radius 1 is 0.408 bits per heavy atom. The van der Waals surface area contributed by atoms with Gasteiger partial charge in [-0.25, -0.2) is 9.13 Å². The lowest BCUT2D eigenvalue weighted by Crippen LogP contribution is -2.30. The van der Waals surface area contributed by atoms with Crippen LogP contribution in [0.15, 0.2) is 0 Å². The third-order valence-corrected chi connectivity index (χ3v) is 14.0. The van der Waals surface area contributed by atoms with Crippen molar-refractivity contribution < 1.29 is 80.2 Å². The lowest BCUT2D eigenvalue weighted by molar-refractivity contribution is -0.161. The van der Waals surface area contributed by atoms with E-state index in [4.69, 9.17) is 37.0 Å². The number of rotatable bonds is 51. The second-order valence-corrected chi connectivity index (χ2v) is 22.5. The van der Waals surface area contributed by atoms with Crippen molar-refractivity contribution in [1.82, 2.24) is 0 Å². The molecule has 0 aliphatic heterocycles. The van der Waals surface area contributed by atoms with Crippen molar-refractivity contribution >= 4 is 39.5 Å². The Morgan fingerprint density at radius 2 is 0.718 bits per heavy atom. The molecule has 6 atom stereocenters. The molecule has 0 aliphatic rings. The van der Waals surface area contributed by atoms with Gasteiger partial charge in [-0.1, -0.05) is 189 Å². The van der Waals surface area contributed by atoms with Gasteiger partial charge in [-0.15, -0.1) is 0 Å². The molecule has 0 saturated heterocycles. The lowest BCUT2D eigenvalue weighted by Gasteiger charge is -2.21. The molecule has 0 aromatic heterocycles. The van der Waals surface area contributed by atoms with Crippen LogP contribution in [-0.4, -0.2) is 96.7 Å². The van der Waals surface area contributed by atoms with Crippen LogP contribution < -0.4 is 0 Å². The Kier molecular flexibility index (Phi) is 44.2. The fourth-order valence-corrected chi connectivity index (χ4v) is 8.96. The second kappa shape index (κ2) is 45.5. The van der Waals surface area contributed by atoms with Crippen molar-refractivity contribution in [2.75, 3.05) is 39.6 Å². The van der Waals surface area contributed by atoms with E-state index in [1.807, 2.05) is 0 Å². The molecule has 0 amide bonds. The molecule has 0 radical (unpaired) electrons. The maximum atomic E-state index is 12.8. The van der Waals surface area contributed by atoms with Gasteiger partial charge in [-0.2, -0.15) is 0 Å². The summed E-state index contributed by atoms with van der Waals surface area (Å²) in [5.41, 5.74) is 0. The molecule has 3 unspecified atom stereocenters. The smallest absolute Gasteiger partial charge is 0.462 e. The van der Waals surface area contributed by atoms with Crippen LogP contribution in [0.25, 0.3) is 0 Å². The van der Waals surface area contributed by atoms with Crippen LogP contribution in [0, 0.1) is 11.8 Å². The number of carbonyl (C=O) groups excluding carboxylic acids is 4. The van der Waals surface area contributed by atoms with Crippen LogP contribution >= 0.6 is 15.6 Å². The quantitative estimate of drug-likeness (QED) is 0.0222. The summed E-state index contributed by atoms with van der Waals surface area (Å²) >= 11 is 0.